The third-order valence-electron chi connectivity index (χ3n) is 4.60. The van der Waals surface area contributed by atoms with Crippen molar-refractivity contribution in [1.82, 2.24) is 10.6 Å². The number of nitrogens with zero attached hydrogens (tertiary/aromatic N) is 1. The molecule has 2 N–H and O–H groups in total. The first-order valence-electron chi connectivity index (χ1n) is 9.02. The molecule has 0 bridgehead atoms. The number of rotatable bonds is 6. The highest BCUT2D eigenvalue weighted by atomic mass is 35.5. The zero-order valence-corrected chi connectivity index (χ0v) is 16.4. The number of non-ortho nitro benzene ring substituents is 1. The van der Waals surface area contributed by atoms with Gasteiger partial charge in [-0.3, -0.25) is 19.7 Å². The number of nitro groups is 1. The second-order valence-corrected chi connectivity index (χ2v) is 6.61. The van der Waals surface area contributed by atoms with E-state index < -0.39 is 11.0 Å². The predicted octanol–water partition coefficient (Wildman–Crippen LogP) is 2.61. The minimum absolute atomic E-state index is 0. The summed E-state index contributed by atoms with van der Waals surface area (Å²) in [6, 6.07) is 14.4. The van der Waals surface area contributed by atoms with E-state index in [0.717, 1.165) is 0 Å². The van der Waals surface area contributed by atoms with E-state index in [2.05, 4.69) is 10.6 Å². The van der Waals surface area contributed by atoms with Crippen molar-refractivity contribution >= 4 is 30.0 Å². The Labute approximate surface area is 174 Å². The van der Waals surface area contributed by atoms with Crippen LogP contribution in [0.5, 0.6) is 0 Å². The third kappa shape index (κ3) is 6.27. The summed E-state index contributed by atoms with van der Waals surface area (Å²) in [5.41, 5.74) is 1.28. The van der Waals surface area contributed by atoms with Crippen molar-refractivity contribution in [2.45, 2.75) is 31.5 Å². The number of hydrogen-bond acceptors (Lipinski definition) is 6. The Kier molecular flexibility index (Phi) is 8.11. The summed E-state index contributed by atoms with van der Waals surface area (Å²) in [6.45, 7) is 0.541. The topological polar surface area (TPSA) is 111 Å². The number of benzene rings is 2. The minimum Gasteiger partial charge on any atom is -0.460 e. The summed E-state index contributed by atoms with van der Waals surface area (Å²) in [5.74, 6) is -0.502. The summed E-state index contributed by atoms with van der Waals surface area (Å²) >= 11 is 0. The molecule has 2 aromatic carbocycles. The van der Waals surface area contributed by atoms with Gasteiger partial charge in [0.1, 0.15) is 12.6 Å². The number of ether oxygens (including phenoxy) is 1. The highest BCUT2D eigenvalue weighted by Crippen LogP contribution is 2.14. The third-order valence-corrected chi connectivity index (χ3v) is 4.60. The Balaban J connectivity index is 0.00000300. The molecule has 0 radical (unpaired) electrons. The van der Waals surface area contributed by atoms with Gasteiger partial charge in [-0.05, 0) is 42.7 Å². The number of nitro benzene ring substituents is 1. The second kappa shape index (κ2) is 10.5. The lowest BCUT2D eigenvalue weighted by atomic mass is 10.0. The van der Waals surface area contributed by atoms with Crippen LogP contribution in [0.4, 0.5) is 5.69 Å². The molecule has 2 aromatic rings. The molecule has 0 spiro atoms. The SMILES string of the molecule is Cl.O=C(N[C@H]1CC[C@H](C(=O)OCc2ccc([N+](=O)[O-])cc2)NC1)c1ccccc1. The lowest BCUT2D eigenvalue weighted by Gasteiger charge is -2.29. The van der Waals surface area contributed by atoms with Crippen LogP contribution in [0.3, 0.4) is 0 Å². The van der Waals surface area contributed by atoms with Crippen LogP contribution < -0.4 is 10.6 Å². The molecule has 8 nitrogen and oxygen atoms in total. The van der Waals surface area contributed by atoms with Crippen molar-refractivity contribution in [2.75, 3.05) is 6.54 Å². The van der Waals surface area contributed by atoms with Crippen molar-refractivity contribution < 1.29 is 19.2 Å². The van der Waals surface area contributed by atoms with E-state index in [1.54, 1.807) is 24.3 Å². The van der Waals surface area contributed by atoms with Gasteiger partial charge in [0.15, 0.2) is 0 Å². The monoisotopic (exact) mass is 419 g/mol. The first-order valence-corrected chi connectivity index (χ1v) is 9.02. The zero-order chi connectivity index (χ0) is 19.9. The summed E-state index contributed by atoms with van der Waals surface area (Å²) in [5, 5.41) is 16.7. The maximum atomic E-state index is 12.2. The Bertz CT molecular complexity index is 837. The fraction of sp³-hybridized carbons (Fsp3) is 0.300. The number of esters is 1. The van der Waals surface area contributed by atoms with Crippen LogP contribution in [-0.4, -0.2) is 35.4 Å². The van der Waals surface area contributed by atoms with Gasteiger partial charge in [0, 0.05) is 30.3 Å². The molecule has 1 fully saturated rings. The molecule has 29 heavy (non-hydrogen) atoms. The molecule has 1 heterocycles. The van der Waals surface area contributed by atoms with E-state index >= 15 is 0 Å². The maximum Gasteiger partial charge on any atom is 0.323 e. The minimum atomic E-state index is -0.477. The molecule has 0 saturated carbocycles. The van der Waals surface area contributed by atoms with Gasteiger partial charge in [0.2, 0.25) is 0 Å². The van der Waals surface area contributed by atoms with Gasteiger partial charge in [-0.15, -0.1) is 12.4 Å². The average molecular weight is 420 g/mol. The molecule has 0 aromatic heterocycles. The van der Waals surface area contributed by atoms with Crippen LogP contribution in [0.15, 0.2) is 54.6 Å². The first-order chi connectivity index (χ1) is 13.5. The average Bonchev–Trinajstić information content (AvgIpc) is 2.73. The molecule has 9 heteroatoms. The molecule has 154 valence electrons. The highest BCUT2D eigenvalue weighted by molar-refractivity contribution is 5.94. The fourth-order valence-electron chi connectivity index (χ4n) is 3.01. The second-order valence-electron chi connectivity index (χ2n) is 6.61. The predicted molar refractivity (Wildman–Crippen MR) is 109 cm³/mol. The van der Waals surface area contributed by atoms with Crippen LogP contribution in [0, 0.1) is 10.1 Å². The van der Waals surface area contributed by atoms with E-state index in [-0.39, 0.29) is 42.6 Å². The van der Waals surface area contributed by atoms with Gasteiger partial charge in [0.25, 0.3) is 11.6 Å². The molecule has 3 rings (SSSR count). The number of amides is 1. The zero-order valence-electron chi connectivity index (χ0n) is 15.6. The van der Waals surface area contributed by atoms with Crippen molar-refractivity contribution in [3.63, 3.8) is 0 Å². The van der Waals surface area contributed by atoms with Crippen molar-refractivity contribution in [3.8, 4) is 0 Å². The smallest absolute Gasteiger partial charge is 0.323 e. The van der Waals surface area contributed by atoms with E-state index in [0.29, 0.717) is 30.5 Å². The highest BCUT2D eigenvalue weighted by Gasteiger charge is 2.27. The summed E-state index contributed by atoms with van der Waals surface area (Å²) in [6.07, 6.45) is 1.22. The van der Waals surface area contributed by atoms with Crippen molar-refractivity contribution in [1.29, 1.82) is 0 Å². The number of hydrogen-bond donors (Lipinski definition) is 2. The van der Waals surface area contributed by atoms with Gasteiger partial charge in [-0.1, -0.05) is 18.2 Å². The summed E-state index contributed by atoms with van der Waals surface area (Å²) in [4.78, 5) is 34.6. The first kappa shape index (κ1) is 22.3. The van der Waals surface area contributed by atoms with Gasteiger partial charge < -0.3 is 15.4 Å². The number of carbonyl (C=O) groups excluding carboxylic acids is 2. The molecule has 1 aliphatic heterocycles. The summed E-state index contributed by atoms with van der Waals surface area (Å²) in [7, 11) is 0. The van der Waals surface area contributed by atoms with Gasteiger partial charge in [-0.2, -0.15) is 0 Å². The van der Waals surface area contributed by atoms with Gasteiger partial charge in [0.05, 0.1) is 4.92 Å². The standard InChI is InChI=1S/C20H21N3O5.ClH/c24-19(15-4-2-1-3-5-15)22-16-8-11-18(21-12-16)20(25)28-13-14-6-9-17(10-7-14)23(26)27;/h1-7,9-10,16,18,21H,8,11-13H2,(H,22,24);1H/t16-,18+;/m0./s1. The van der Waals surface area contributed by atoms with Crippen LogP contribution in [0.2, 0.25) is 0 Å². The number of halogens is 1. The molecule has 0 unspecified atom stereocenters. The van der Waals surface area contributed by atoms with Crippen LogP contribution in [0.25, 0.3) is 0 Å². The van der Waals surface area contributed by atoms with E-state index in [9.17, 15) is 19.7 Å². The Morgan fingerprint density at radius 3 is 2.38 bits per heavy atom. The van der Waals surface area contributed by atoms with Crippen LogP contribution in [0.1, 0.15) is 28.8 Å². The Morgan fingerprint density at radius 2 is 1.79 bits per heavy atom. The molecule has 1 aliphatic rings. The number of nitrogens with one attached hydrogen (secondary N) is 2. The molecular formula is C20H22ClN3O5. The fourth-order valence-corrected chi connectivity index (χ4v) is 3.01. The van der Waals surface area contributed by atoms with E-state index in [4.69, 9.17) is 4.74 Å². The molecule has 1 saturated heterocycles. The maximum absolute atomic E-state index is 12.2. The van der Waals surface area contributed by atoms with Crippen molar-refractivity contribution in [3.05, 3.63) is 75.8 Å². The van der Waals surface area contributed by atoms with Crippen LogP contribution >= 0.6 is 12.4 Å². The van der Waals surface area contributed by atoms with E-state index in [1.807, 2.05) is 18.2 Å². The quantitative estimate of drug-likeness (QED) is 0.423. The van der Waals surface area contributed by atoms with Crippen molar-refractivity contribution in [2.24, 2.45) is 0 Å². The Hall–Kier alpha value is -2.97. The normalized spacial score (nSPS) is 18.2. The van der Waals surface area contributed by atoms with Gasteiger partial charge >= 0.3 is 5.97 Å². The molecule has 0 aliphatic carbocycles. The lowest BCUT2D eigenvalue weighted by molar-refractivity contribution is -0.384. The summed E-state index contributed by atoms with van der Waals surface area (Å²) < 4.78 is 5.29. The Morgan fingerprint density at radius 1 is 1.10 bits per heavy atom. The number of piperidine rings is 1. The molecule has 1 amide bonds. The van der Waals surface area contributed by atoms with Gasteiger partial charge in [-0.25, -0.2) is 0 Å². The molecular weight excluding hydrogens is 398 g/mol. The molecule has 2 atom stereocenters. The van der Waals surface area contributed by atoms with Crippen LogP contribution in [-0.2, 0) is 16.1 Å². The number of carbonyl (C=O) groups is 2. The largest absolute Gasteiger partial charge is 0.460 e. The van der Waals surface area contributed by atoms with E-state index in [1.165, 1.54) is 12.1 Å². The lowest BCUT2D eigenvalue weighted by Crippen LogP contribution is -2.52.